The lowest BCUT2D eigenvalue weighted by atomic mass is 9.99. The molecule has 0 radical (unpaired) electrons. The van der Waals surface area contributed by atoms with Gasteiger partial charge in [0.15, 0.2) is 0 Å². The maximum Gasteiger partial charge on any atom is 0.0550 e. The molecule has 0 unspecified atom stereocenters. The Hall–Kier alpha value is -2.80. The number of benzene rings is 2. The van der Waals surface area contributed by atoms with E-state index in [9.17, 15) is 0 Å². The van der Waals surface area contributed by atoms with E-state index >= 15 is 0 Å². The summed E-state index contributed by atoms with van der Waals surface area (Å²) < 4.78 is 2.39. The predicted octanol–water partition coefficient (Wildman–Crippen LogP) is 3.46. The summed E-state index contributed by atoms with van der Waals surface area (Å²) >= 11 is 0. The molecule has 1 heterocycles. The molecule has 0 saturated carbocycles. The van der Waals surface area contributed by atoms with Crippen LogP contribution in [0.2, 0.25) is 0 Å². The Balaban J connectivity index is 2.02. The summed E-state index contributed by atoms with van der Waals surface area (Å²) in [5, 5.41) is 4.08. The van der Waals surface area contributed by atoms with E-state index in [-0.39, 0.29) is 0 Å². The van der Waals surface area contributed by atoms with Crippen LogP contribution < -0.4 is 10.6 Å². The van der Waals surface area contributed by atoms with Crippen LogP contribution in [0.25, 0.3) is 28.2 Å². The van der Waals surface area contributed by atoms with Gasteiger partial charge in [0.05, 0.1) is 10.9 Å². The van der Waals surface area contributed by atoms with Gasteiger partial charge in [-0.3, -0.25) is 0 Å². The summed E-state index contributed by atoms with van der Waals surface area (Å²) in [6.07, 6.45) is 9.99. The Labute approximate surface area is 128 Å². The quantitative estimate of drug-likeness (QED) is 0.644. The van der Waals surface area contributed by atoms with Crippen molar-refractivity contribution in [3.63, 3.8) is 0 Å². The summed E-state index contributed by atoms with van der Waals surface area (Å²) in [5.74, 6) is 0. The first-order valence-corrected chi connectivity index (χ1v) is 7.70. The maximum absolute atomic E-state index is 2.39. The summed E-state index contributed by atoms with van der Waals surface area (Å²) in [5.41, 5.74) is 5.34. The molecule has 2 aliphatic rings. The molecule has 22 heavy (non-hydrogen) atoms. The number of hydrogen-bond acceptors (Lipinski definition) is 0. The normalized spacial score (nSPS) is 15.5. The highest BCUT2D eigenvalue weighted by molar-refractivity contribution is 5.94. The van der Waals surface area contributed by atoms with Crippen molar-refractivity contribution in [3.05, 3.63) is 89.0 Å². The number of para-hydroxylation sites is 2. The third kappa shape index (κ3) is 1.48. The van der Waals surface area contributed by atoms with E-state index < -0.39 is 0 Å². The van der Waals surface area contributed by atoms with Gasteiger partial charge in [-0.2, -0.15) is 0 Å². The molecule has 104 valence electrons. The zero-order chi connectivity index (χ0) is 14.5. The van der Waals surface area contributed by atoms with E-state index in [0.29, 0.717) is 0 Å². The van der Waals surface area contributed by atoms with E-state index in [1.807, 2.05) is 0 Å². The molecule has 0 atom stereocenters. The van der Waals surface area contributed by atoms with E-state index in [0.717, 1.165) is 6.42 Å². The molecular weight excluding hydrogens is 266 g/mol. The highest BCUT2D eigenvalue weighted by atomic mass is 15.0. The number of hydrogen-bond donors (Lipinski definition) is 0. The van der Waals surface area contributed by atoms with Crippen LogP contribution in [0, 0.1) is 0 Å². The minimum absolute atomic E-state index is 1.03. The summed E-state index contributed by atoms with van der Waals surface area (Å²) in [6, 6.07) is 19.4. The third-order valence-electron chi connectivity index (χ3n) is 4.60. The Kier molecular flexibility index (Phi) is 2.33. The molecule has 0 aliphatic heterocycles. The van der Waals surface area contributed by atoms with Crippen molar-refractivity contribution >= 4 is 22.6 Å². The molecule has 5 rings (SSSR count). The molecule has 0 bridgehead atoms. The molecular formula is C21H15N. The predicted molar refractivity (Wildman–Crippen MR) is 92.2 cm³/mol. The lowest BCUT2D eigenvalue weighted by molar-refractivity contribution is 1.07. The van der Waals surface area contributed by atoms with Crippen molar-refractivity contribution in [2.45, 2.75) is 6.42 Å². The van der Waals surface area contributed by atoms with Gasteiger partial charge in [0.2, 0.25) is 0 Å². The van der Waals surface area contributed by atoms with Crippen molar-refractivity contribution < 1.29 is 0 Å². The minimum atomic E-state index is 1.03. The molecule has 1 aromatic heterocycles. The average molecular weight is 281 g/mol. The molecule has 0 N–H and O–H groups in total. The summed E-state index contributed by atoms with van der Waals surface area (Å²) in [4.78, 5) is 0. The first-order valence-electron chi connectivity index (χ1n) is 7.70. The SMILES string of the molecule is C1=CCC2=c3c(n(-c4ccccc4)c4ccccc34)=CC2=C1. The number of aromatic nitrogens is 1. The molecule has 0 spiro atoms. The van der Waals surface area contributed by atoms with E-state index in [2.05, 4.69) is 83.5 Å². The van der Waals surface area contributed by atoms with Gasteiger partial charge in [0, 0.05) is 16.3 Å². The van der Waals surface area contributed by atoms with Crippen LogP contribution in [0.1, 0.15) is 6.42 Å². The minimum Gasteiger partial charge on any atom is -0.309 e. The van der Waals surface area contributed by atoms with Crippen LogP contribution in [0.4, 0.5) is 0 Å². The van der Waals surface area contributed by atoms with Gasteiger partial charge in [-0.15, -0.1) is 0 Å². The van der Waals surface area contributed by atoms with Gasteiger partial charge in [-0.25, -0.2) is 0 Å². The highest BCUT2D eigenvalue weighted by Gasteiger charge is 2.19. The van der Waals surface area contributed by atoms with Gasteiger partial charge in [-0.05, 0) is 41.8 Å². The fourth-order valence-electron chi connectivity index (χ4n) is 3.67. The van der Waals surface area contributed by atoms with Crippen molar-refractivity contribution in [1.29, 1.82) is 0 Å². The van der Waals surface area contributed by atoms with Crippen LogP contribution in [0.15, 0.2) is 78.4 Å². The fourth-order valence-corrected chi connectivity index (χ4v) is 3.67. The first kappa shape index (κ1) is 11.8. The highest BCUT2D eigenvalue weighted by Crippen LogP contribution is 2.26. The number of allylic oxidation sites excluding steroid dienone is 4. The third-order valence-corrected chi connectivity index (χ3v) is 4.60. The van der Waals surface area contributed by atoms with E-state index in [1.165, 1.54) is 38.3 Å². The van der Waals surface area contributed by atoms with Gasteiger partial charge in [-0.1, -0.05) is 54.6 Å². The number of nitrogens with zero attached hydrogens (tertiary/aromatic N) is 1. The second-order valence-corrected chi connectivity index (χ2v) is 5.83. The summed E-state index contributed by atoms with van der Waals surface area (Å²) in [7, 11) is 0. The van der Waals surface area contributed by atoms with E-state index in [1.54, 1.807) is 0 Å². The molecule has 2 aromatic carbocycles. The smallest absolute Gasteiger partial charge is 0.0550 e. The number of fused-ring (bicyclic) bond motifs is 4. The molecule has 2 aliphatic carbocycles. The molecule has 0 fully saturated rings. The molecule has 3 aromatic rings. The second kappa shape index (κ2) is 4.35. The van der Waals surface area contributed by atoms with Crippen molar-refractivity contribution in [1.82, 2.24) is 4.57 Å². The van der Waals surface area contributed by atoms with Gasteiger partial charge < -0.3 is 4.57 Å². The lowest BCUT2D eigenvalue weighted by Crippen LogP contribution is -2.26. The largest absolute Gasteiger partial charge is 0.309 e. The zero-order valence-corrected chi connectivity index (χ0v) is 12.2. The topological polar surface area (TPSA) is 4.93 Å². The molecule has 1 nitrogen and oxygen atoms in total. The number of rotatable bonds is 1. The van der Waals surface area contributed by atoms with Crippen molar-refractivity contribution in [3.8, 4) is 5.69 Å². The first-order chi connectivity index (χ1) is 10.9. The zero-order valence-electron chi connectivity index (χ0n) is 12.2. The lowest BCUT2D eigenvalue weighted by Gasteiger charge is -2.07. The standard InChI is InChI=1S/C21H15N/c1-2-9-16(10-3-1)22-19-13-7-6-12-18(19)21-17-11-5-4-8-15(17)14-20(21)22/h1-10,12-14H,11H2. The van der Waals surface area contributed by atoms with Crippen LogP contribution in [0.3, 0.4) is 0 Å². The van der Waals surface area contributed by atoms with Crippen LogP contribution in [-0.2, 0) is 0 Å². The van der Waals surface area contributed by atoms with Crippen molar-refractivity contribution in [2.75, 3.05) is 0 Å². The van der Waals surface area contributed by atoms with E-state index in [4.69, 9.17) is 0 Å². The molecule has 0 amide bonds. The average Bonchev–Trinajstić information content (AvgIpc) is 3.10. The fraction of sp³-hybridized carbons (Fsp3) is 0.0476. The Bertz CT molecular complexity index is 1080. The summed E-state index contributed by atoms with van der Waals surface area (Å²) in [6.45, 7) is 0. The second-order valence-electron chi connectivity index (χ2n) is 5.83. The Morgan fingerprint density at radius 2 is 1.68 bits per heavy atom. The maximum atomic E-state index is 2.39. The van der Waals surface area contributed by atoms with Gasteiger partial charge >= 0.3 is 0 Å². The Morgan fingerprint density at radius 3 is 2.59 bits per heavy atom. The molecule has 1 heteroatoms. The Morgan fingerprint density at radius 1 is 0.864 bits per heavy atom. The van der Waals surface area contributed by atoms with Crippen LogP contribution >= 0.6 is 0 Å². The van der Waals surface area contributed by atoms with Gasteiger partial charge in [0.25, 0.3) is 0 Å². The van der Waals surface area contributed by atoms with Crippen LogP contribution in [-0.4, -0.2) is 4.57 Å². The monoisotopic (exact) mass is 281 g/mol. The molecule has 0 saturated heterocycles. The van der Waals surface area contributed by atoms with Gasteiger partial charge in [0.1, 0.15) is 0 Å². The van der Waals surface area contributed by atoms with Crippen LogP contribution in [0.5, 0.6) is 0 Å². The van der Waals surface area contributed by atoms with Crippen molar-refractivity contribution in [2.24, 2.45) is 0 Å².